The zero-order valence-electron chi connectivity index (χ0n) is 13.3. The Balaban J connectivity index is 1.85. The van der Waals surface area contributed by atoms with E-state index in [1.165, 1.54) is 18.9 Å². The number of carbonyl (C=O) groups is 2. The summed E-state index contributed by atoms with van der Waals surface area (Å²) in [5, 5.41) is 2.55. The van der Waals surface area contributed by atoms with Crippen molar-refractivity contribution in [1.82, 2.24) is 5.32 Å². The summed E-state index contributed by atoms with van der Waals surface area (Å²) in [6.45, 7) is 0.145. The largest absolute Gasteiger partial charge is 0.467 e. The molecule has 2 aromatic rings. The lowest BCUT2D eigenvalue weighted by Crippen LogP contribution is -2.43. The Hall–Kier alpha value is -2.47. The first-order valence-electron chi connectivity index (χ1n) is 7.42. The lowest BCUT2D eigenvalue weighted by Gasteiger charge is -2.16. The predicted octanol–water partition coefficient (Wildman–Crippen LogP) is 3.25. The first-order valence-corrected chi connectivity index (χ1v) is 8.40. The van der Waals surface area contributed by atoms with Gasteiger partial charge in [-0.3, -0.25) is 0 Å². The second-order valence-corrected chi connectivity index (χ2v) is 6.00. The maximum absolute atomic E-state index is 11.9. The molecule has 0 unspecified atom stereocenters. The average Bonchev–Trinajstić information content (AvgIpc) is 2.64. The highest BCUT2D eigenvalue weighted by molar-refractivity contribution is 7.99. The number of esters is 1. The van der Waals surface area contributed by atoms with E-state index in [1.807, 2.05) is 60.7 Å². The summed E-state index contributed by atoms with van der Waals surface area (Å²) < 4.78 is 9.88. The molecule has 6 heteroatoms. The summed E-state index contributed by atoms with van der Waals surface area (Å²) in [5.74, 6) is -0.146. The fourth-order valence-corrected chi connectivity index (χ4v) is 2.84. The molecule has 0 saturated carbocycles. The van der Waals surface area contributed by atoms with E-state index in [0.717, 1.165) is 10.5 Å². The molecule has 0 aromatic heterocycles. The Kier molecular flexibility index (Phi) is 7.17. The van der Waals surface area contributed by atoms with Crippen molar-refractivity contribution in [2.75, 3.05) is 12.9 Å². The maximum atomic E-state index is 11.9. The van der Waals surface area contributed by atoms with Crippen LogP contribution in [0, 0.1) is 0 Å². The molecule has 0 aliphatic heterocycles. The fourth-order valence-electron chi connectivity index (χ4n) is 1.91. The first-order chi connectivity index (χ1) is 11.7. The topological polar surface area (TPSA) is 64.6 Å². The number of benzene rings is 2. The molecule has 2 rings (SSSR count). The molecule has 0 fully saturated rings. The number of carbonyl (C=O) groups excluding carboxylic acids is 2. The van der Waals surface area contributed by atoms with Crippen LogP contribution in [-0.2, 0) is 20.9 Å². The van der Waals surface area contributed by atoms with Gasteiger partial charge in [0.25, 0.3) is 0 Å². The molecule has 0 spiro atoms. The van der Waals surface area contributed by atoms with Crippen LogP contribution in [0.15, 0.2) is 65.6 Å². The van der Waals surface area contributed by atoms with Gasteiger partial charge >= 0.3 is 12.1 Å². The first kappa shape index (κ1) is 17.9. The van der Waals surface area contributed by atoms with Crippen LogP contribution < -0.4 is 5.32 Å². The zero-order valence-corrected chi connectivity index (χ0v) is 14.1. The van der Waals surface area contributed by atoms with E-state index in [2.05, 4.69) is 5.32 Å². The predicted molar refractivity (Wildman–Crippen MR) is 92.7 cm³/mol. The summed E-state index contributed by atoms with van der Waals surface area (Å²) >= 11 is 1.46. The van der Waals surface area contributed by atoms with Gasteiger partial charge in [-0.05, 0) is 17.7 Å². The highest BCUT2D eigenvalue weighted by Crippen LogP contribution is 2.18. The molecule has 0 bridgehead atoms. The van der Waals surface area contributed by atoms with Gasteiger partial charge in [-0.1, -0.05) is 48.5 Å². The third kappa shape index (κ3) is 5.96. The van der Waals surface area contributed by atoms with Crippen molar-refractivity contribution in [2.45, 2.75) is 17.5 Å². The highest BCUT2D eigenvalue weighted by Gasteiger charge is 2.22. The summed E-state index contributed by atoms with van der Waals surface area (Å²) in [5.41, 5.74) is 0.876. The van der Waals surface area contributed by atoms with Crippen molar-refractivity contribution in [2.24, 2.45) is 0 Å². The van der Waals surface area contributed by atoms with Crippen molar-refractivity contribution in [1.29, 1.82) is 0 Å². The Morgan fingerprint density at radius 1 is 1.04 bits per heavy atom. The molecular formula is C18H19NO4S. The number of thioether (sulfide) groups is 1. The molecule has 1 atom stereocenters. The minimum atomic E-state index is -0.775. The lowest BCUT2D eigenvalue weighted by molar-refractivity contribution is -0.142. The molecule has 2 aromatic carbocycles. The molecule has 1 amide bonds. The minimum absolute atomic E-state index is 0.145. The SMILES string of the molecule is COC(=O)[C@H](CSc1ccccc1)NC(=O)OCc1ccccc1. The standard InChI is InChI=1S/C18H19NO4S/c1-22-17(20)16(13-24-15-10-6-3-7-11-15)19-18(21)23-12-14-8-4-2-5-9-14/h2-11,16H,12-13H2,1H3,(H,19,21)/t16-/m0/s1. The van der Waals surface area contributed by atoms with Crippen molar-refractivity contribution < 1.29 is 19.1 Å². The quantitative estimate of drug-likeness (QED) is 0.616. The van der Waals surface area contributed by atoms with Crippen LogP contribution in [0.1, 0.15) is 5.56 Å². The molecule has 1 N–H and O–H groups in total. The van der Waals surface area contributed by atoms with Gasteiger partial charge in [0.2, 0.25) is 0 Å². The van der Waals surface area contributed by atoms with E-state index >= 15 is 0 Å². The average molecular weight is 345 g/mol. The normalized spacial score (nSPS) is 11.4. The summed E-state index contributed by atoms with van der Waals surface area (Å²) in [4.78, 5) is 24.8. The Labute approximate surface area is 145 Å². The number of ether oxygens (including phenoxy) is 2. The Morgan fingerprint density at radius 2 is 1.67 bits per heavy atom. The molecule has 0 aliphatic rings. The summed E-state index contributed by atoms with van der Waals surface area (Å²) in [7, 11) is 1.29. The second kappa shape index (κ2) is 9.62. The van der Waals surface area contributed by atoms with E-state index in [4.69, 9.17) is 9.47 Å². The smallest absolute Gasteiger partial charge is 0.408 e. The van der Waals surface area contributed by atoms with Crippen LogP contribution in [0.4, 0.5) is 4.79 Å². The molecular weight excluding hydrogens is 326 g/mol. The van der Waals surface area contributed by atoms with E-state index in [1.54, 1.807) is 0 Å². The molecule has 0 saturated heterocycles. The molecule has 0 heterocycles. The van der Waals surface area contributed by atoms with Crippen molar-refractivity contribution >= 4 is 23.8 Å². The third-order valence-electron chi connectivity index (χ3n) is 3.15. The van der Waals surface area contributed by atoms with E-state index < -0.39 is 18.1 Å². The maximum Gasteiger partial charge on any atom is 0.408 e. The number of hydrogen-bond donors (Lipinski definition) is 1. The zero-order chi connectivity index (χ0) is 17.2. The van der Waals surface area contributed by atoms with Crippen LogP contribution in [0.2, 0.25) is 0 Å². The number of rotatable bonds is 7. The molecule has 0 aliphatic carbocycles. The van der Waals surface area contributed by atoms with Crippen molar-refractivity contribution in [3.63, 3.8) is 0 Å². The number of amides is 1. The fraction of sp³-hybridized carbons (Fsp3) is 0.222. The van der Waals surface area contributed by atoms with Gasteiger partial charge in [0.1, 0.15) is 12.6 Å². The Bertz CT molecular complexity index is 649. The molecule has 126 valence electrons. The van der Waals surface area contributed by atoms with Crippen LogP contribution in [-0.4, -0.2) is 31.0 Å². The minimum Gasteiger partial charge on any atom is -0.467 e. The van der Waals surface area contributed by atoms with Gasteiger partial charge in [-0.25, -0.2) is 9.59 Å². The number of hydrogen-bond acceptors (Lipinski definition) is 5. The molecule has 0 radical (unpaired) electrons. The van der Waals surface area contributed by atoms with Crippen LogP contribution in [0.5, 0.6) is 0 Å². The Morgan fingerprint density at radius 3 is 2.29 bits per heavy atom. The van der Waals surface area contributed by atoms with Crippen LogP contribution >= 0.6 is 11.8 Å². The van der Waals surface area contributed by atoms with Crippen molar-refractivity contribution in [3.8, 4) is 0 Å². The summed E-state index contributed by atoms with van der Waals surface area (Å²) in [6, 6.07) is 18.2. The lowest BCUT2D eigenvalue weighted by atomic mass is 10.2. The van der Waals surface area contributed by atoms with E-state index in [9.17, 15) is 9.59 Å². The van der Waals surface area contributed by atoms with E-state index in [0.29, 0.717) is 5.75 Å². The monoisotopic (exact) mass is 345 g/mol. The van der Waals surface area contributed by atoms with Crippen molar-refractivity contribution in [3.05, 3.63) is 66.2 Å². The summed E-state index contributed by atoms with van der Waals surface area (Å²) in [6.07, 6.45) is -0.650. The van der Waals surface area contributed by atoms with Gasteiger partial charge in [0, 0.05) is 10.6 Å². The number of alkyl carbamates (subject to hydrolysis) is 1. The van der Waals surface area contributed by atoms with E-state index in [-0.39, 0.29) is 6.61 Å². The van der Waals surface area contributed by atoms with Gasteiger partial charge in [0.15, 0.2) is 0 Å². The van der Waals surface area contributed by atoms with Gasteiger partial charge in [0.05, 0.1) is 7.11 Å². The number of nitrogens with one attached hydrogen (secondary N) is 1. The van der Waals surface area contributed by atoms with Gasteiger partial charge in [-0.2, -0.15) is 0 Å². The number of methoxy groups -OCH3 is 1. The second-order valence-electron chi connectivity index (χ2n) is 4.91. The van der Waals surface area contributed by atoms with Gasteiger partial charge in [-0.15, -0.1) is 11.8 Å². The third-order valence-corrected chi connectivity index (χ3v) is 4.26. The molecule has 5 nitrogen and oxygen atoms in total. The molecule has 24 heavy (non-hydrogen) atoms. The van der Waals surface area contributed by atoms with Crippen LogP contribution in [0.25, 0.3) is 0 Å². The highest BCUT2D eigenvalue weighted by atomic mass is 32.2. The van der Waals surface area contributed by atoms with Gasteiger partial charge < -0.3 is 14.8 Å². The van der Waals surface area contributed by atoms with Crippen LogP contribution in [0.3, 0.4) is 0 Å².